The molecule has 0 amide bonds. The molecule has 0 aliphatic rings. The Morgan fingerprint density at radius 2 is 2.19 bits per heavy atom. The lowest BCUT2D eigenvalue weighted by molar-refractivity contribution is 0.797. The van der Waals surface area contributed by atoms with Crippen molar-refractivity contribution in [2.24, 2.45) is 5.73 Å². The van der Waals surface area contributed by atoms with Crippen LogP contribution < -0.4 is 5.73 Å². The molecule has 0 aliphatic carbocycles. The van der Waals surface area contributed by atoms with Crippen molar-refractivity contribution in [1.29, 1.82) is 0 Å². The molecule has 1 unspecified atom stereocenters. The Morgan fingerprint density at radius 3 is 2.81 bits per heavy atom. The van der Waals surface area contributed by atoms with Gasteiger partial charge < -0.3 is 5.73 Å². The highest BCUT2D eigenvalue weighted by Crippen LogP contribution is 2.36. The van der Waals surface area contributed by atoms with Gasteiger partial charge in [-0.25, -0.2) is 0 Å². The molecule has 1 heterocycles. The van der Waals surface area contributed by atoms with Crippen LogP contribution in [0.5, 0.6) is 0 Å². The minimum absolute atomic E-state index is 0.0653. The van der Waals surface area contributed by atoms with Gasteiger partial charge in [0, 0.05) is 15.4 Å². The number of benzene rings is 1. The van der Waals surface area contributed by atoms with Gasteiger partial charge in [0.05, 0.1) is 4.21 Å². The van der Waals surface area contributed by atoms with E-state index in [1.165, 1.54) is 14.7 Å². The van der Waals surface area contributed by atoms with Gasteiger partial charge in [0.1, 0.15) is 0 Å². The van der Waals surface area contributed by atoms with Crippen LogP contribution in [0.1, 0.15) is 18.5 Å². The summed E-state index contributed by atoms with van der Waals surface area (Å²) in [5, 5.41) is 2.09. The van der Waals surface area contributed by atoms with Gasteiger partial charge in [0.2, 0.25) is 0 Å². The molecule has 0 spiro atoms. The number of rotatable bonds is 3. The zero-order valence-corrected chi connectivity index (χ0v) is 12.0. The van der Waals surface area contributed by atoms with E-state index in [0.29, 0.717) is 0 Å². The fourth-order valence-corrected chi connectivity index (χ4v) is 3.91. The van der Waals surface area contributed by atoms with E-state index >= 15 is 0 Å². The lowest BCUT2D eigenvalue weighted by atomic mass is 10.1. The Balaban J connectivity index is 2.34. The van der Waals surface area contributed by atoms with Gasteiger partial charge in [0.25, 0.3) is 0 Å². The van der Waals surface area contributed by atoms with Crippen LogP contribution in [-0.4, -0.2) is 0 Å². The predicted octanol–water partition coefficient (Wildman–Crippen LogP) is 4.68. The van der Waals surface area contributed by atoms with Crippen LogP contribution in [0.15, 0.2) is 49.3 Å². The first-order valence-electron chi connectivity index (χ1n) is 4.93. The normalized spacial score (nSPS) is 12.7. The third-order valence-corrected chi connectivity index (χ3v) is 4.78. The standard InChI is InChI=1S/C12H12BrNS2/c1-8(14)10-5-4-9(13)7-11(10)16-12-3-2-6-15-12/h2-8H,14H2,1H3. The van der Waals surface area contributed by atoms with Gasteiger partial charge in [-0.2, -0.15) is 0 Å². The zero-order chi connectivity index (χ0) is 11.5. The van der Waals surface area contributed by atoms with E-state index in [9.17, 15) is 0 Å². The van der Waals surface area contributed by atoms with Gasteiger partial charge in [-0.1, -0.05) is 39.8 Å². The van der Waals surface area contributed by atoms with Crippen LogP contribution in [-0.2, 0) is 0 Å². The van der Waals surface area contributed by atoms with Crippen LogP contribution in [0.2, 0.25) is 0 Å². The maximum absolute atomic E-state index is 5.97. The maximum atomic E-state index is 5.97. The number of hydrogen-bond acceptors (Lipinski definition) is 3. The van der Waals surface area contributed by atoms with Crippen molar-refractivity contribution in [2.45, 2.75) is 22.1 Å². The highest BCUT2D eigenvalue weighted by molar-refractivity contribution is 9.10. The molecule has 0 fully saturated rings. The van der Waals surface area contributed by atoms with Crippen molar-refractivity contribution in [3.05, 3.63) is 45.7 Å². The highest BCUT2D eigenvalue weighted by atomic mass is 79.9. The number of halogens is 1. The summed E-state index contributed by atoms with van der Waals surface area (Å²) in [7, 11) is 0. The molecular formula is C12H12BrNS2. The molecule has 84 valence electrons. The summed E-state index contributed by atoms with van der Waals surface area (Å²) in [6.07, 6.45) is 0. The van der Waals surface area contributed by atoms with Crippen LogP contribution in [0.4, 0.5) is 0 Å². The number of hydrogen-bond donors (Lipinski definition) is 1. The fraction of sp³-hybridized carbons (Fsp3) is 0.167. The molecule has 0 bridgehead atoms. The Labute approximate surface area is 112 Å². The van der Waals surface area contributed by atoms with E-state index in [4.69, 9.17) is 5.73 Å². The summed E-state index contributed by atoms with van der Waals surface area (Å²) in [6, 6.07) is 10.5. The van der Waals surface area contributed by atoms with Crippen molar-refractivity contribution < 1.29 is 0 Å². The Morgan fingerprint density at radius 1 is 1.38 bits per heavy atom. The molecule has 0 aliphatic heterocycles. The number of nitrogens with two attached hydrogens (primary N) is 1. The van der Waals surface area contributed by atoms with Crippen molar-refractivity contribution >= 4 is 39.0 Å². The second-order valence-electron chi connectivity index (χ2n) is 3.50. The third kappa shape index (κ3) is 2.88. The molecule has 0 saturated carbocycles. The summed E-state index contributed by atoms with van der Waals surface area (Å²) in [5.74, 6) is 0. The monoisotopic (exact) mass is 313 g/mol. The fourth-order valence-electron chi connectivity index (χ4n) is 1.40. The Hall–Kier alpha value is -0.290. The molecule has 4 heteroatoms. The van der Waals surface area contributed by atoms with Gasteiger partial charge in [-0.15, -0.1) is 11.3 Å². The minimum Gasteiger partial charge on any atom is -0.324 e. The maximum Gasteiger partial charge on any atom is 0.0646 e. The van der Waals surface area contributed by atoms with Gasteiger partial charge in [-0.3, -0.25) is 0 Å². The topological polar surface area (TPSA) is 26.0 Å². The summed E-state index contributed by atoms with van der Waals surface area (Å²) >= 11 is 7.02. The van der Waals surface area contributed by atoms with E-state index < -0.39 is 0 Å². The average molecular weight is 314 g/mol. The van der Waals surface area contributed by atoms with Crippen LogP contribution in [0.25, 0.3) is 0 Å². The molecular weight excluding hydrogens is 302 g/mol. The van der Waals surface area contributed by atoms with Crippen molar-refractivity contribution in [3.63, 3.8) is 0 Å². The van der Waals surface area contributed by atoms with E-state index in [0.717, 1.165) is 4.47 Å². The van der Waals surface area contributed by atoms with E-state index in [2.05, 4.69) is 45.6 Å². The SMILES string of the molecule is CC(N)c1ccc(Br)cc1Sc1cccs1. The third-order valence-electron chi connectivity index (χ3n) is 2.17. The number of thiophene rings is 1. The molecule has 1 aromatic carbocycles. The molecule has 2 aromatic rings. The summed E-state index contributed by atoms with van der Waals surface area (Å²) < 4.78 is 2.39. The zero-order valence-electron chi connectivity index (χ0n) is 8.81. The average Bonchev–Trinajstić information content (AvgIpc) is 2.70. The lowest BCUT2D eigenvalue weighted by Gasteiger charge is -2.11. The molecule has 16 heavy (non-hydrogen) atoms. The first-order valence-corrected chi connectivity index (χ1v) is 7.42. The summed E-state index contributed by atoms with van der Waals surface area (Å²) in [5.41, 5.74) is 7.16. The molecule has 0 radical (unpaired) electrons. The summed E-state index contributed by atoms with van der Waals surface area (Å²) in [6.45, 7) is 2.02. The molecule has 1 atom stereocenters. The highest BCUT2D eigenvalue weighted by Gasteiger charge is 2.09. The summed E-state index contributed by atoms with van der Waals surface area (Å²) in [4.78, 5) is 1.23. The molecule has 2 N–H and O–H groups in total. The largest absolute Gasteiger partial charge is 0.324 e. The van der Waals surface area contributed by atoms with Crippen molar-refractivity contribution in [3.8, 4) is 0 Å². The van der Waals surface area contributed by atoms with Gasteiger partial charge in [-0.05, 0) is 36.1 Å². The predicted molar refractivity (Wildman–Crippen MR) is 75.2 cm³/mol. The molecule has 1 aromatic heterocycles. The first-order chi connectivity index (χ1) is 7.66. The molecule has 0 saturated heterocycles. The van der Waals surface area contributed by atoms with Gasteiger partial charge in [0.15, 0.2) is 0 Å². The first kappa shape index (κ1) is 12.2. The van der Waals surface area contributed by atoms with Crippen molar-refractivity contribution in [1.82, 2.24) is 0 Å². The molecule has 1 nitrogen and oxygen atoms in total. The van der Waals surface area contributed by atoms with Crippen LogP contribution in [0, 0.1) is 0 Å². The second-order valence-corrected chi connectivity index (χ2v) is 6.71. The van der Waals surface area contributed by atoms with Crippen LogP contribution >= 0.6 is 39.0 Å². The Kier molecular flexibility index (Phi) is 4.08. The van der Waals surface area contributed by atoms with E-state index in [-0.39, 0.29) is 6.04 Å². The van der Waals surface area contributed by atoms with Crippen LogP contribution in [0.3, 0.4) is 0 Å². The van der Waals surface area contributed by atoms with Gasteiger partial charge >= 0.3 is 0 Å². The quantitative estimate of drug-likeness (QED) is 0.890. The van der Waals surface area contributed by atoms with Crippen molar-refractivity contribution in [2.75, 3.05) is 0 Å². The minimum atomic E-state index is 0.0653. The smallest absolute Gasteiger partial charge is 0.0646 e. The van der Waals surface area contributed by atoms with E-state index in [1.807, 2.05) is 13.0 Å². The lowest BCUT2D eigenvalue weighted by Crippen LogP contribution is -2.06. The van der Waals surface area contributed by atoms with E-state index in [1.54, 1.807) is 23.1 Å². The molecule has 2 rings (SSSR count). The Bertz CT molecular complexity index is 466. The second kappa shape index (κ2) is 5.36.